The first-order valence-electron chi connectivity index (χ1n) is 8.23. The quantitative estimate of drug-likeness (QED) is 0.670. The van der Waals surface area contributed by atoms with E-state index in [-0.39, 0.29) is 33.9 Å². The summed E-state index contributed by atoms with van der Waals surface area (Å²) in [5.74, 6) is -1.92. The van der Waals surface area contributed by atoms with Gasteiger partial charge in [0.1, 0.15) is 5.76 Å². The molecule has 140 valence electrons. The second kappa shape index (κ2) is 6.94. The van der Waals surface area contributed by atoms with Gasteiger partial charge in [-0.2, -0.15) is 0 Å². The Kier molecular flexibility index (Phi) is 4.44. The van der Waals surface area contributed by atoms with Gasteiger partial charge in [0, 0.05) is 5.56 Å². The number of rotatable bonds is 4. The lowest BCUT2D eigenvalue weighted by Crippen LogP contribution is -2.28. The number of furan rings is 1. The van der Waals surface area contributed by atoms with Gasteiger partial charge in [-0.05, 0) is 42.5 Å². The van der Waals surface area contributed by atoms with Crippen LogP contribution >= 0.6 is 11.6 Å². The zero-order valence-electron chi connectivity index (χ0n) is 14.2. The van der Waals surface area contributed by atoms with Crippen molar-refractivity contribution in [1.29, 1.82) is 0 Å². The fourth-order valence-corrected chi connectivity index (χ4v) is 3.10. The number of nitrogens with one attached hydrogen (secondary N) is 1. The van der Waals surface area contributed by atoms with Gasteiger partial charge in [0.25, 0.3) is 17.7 Å². The van der Waals surface area contributed by atoms with Crippen molar-refractivity contribution in [1.82, 2.24) is 4.90 Å². The van der Waals surface area contributed by atoms with Crippen molar-refractivity contribution in [3.05, 3.63) is 88.1 Å². The lowest BCUT2D eigenvalue weighted by molar-refractivity contribution is 0.0631. The third kappa shape index (κ3) is 3.05. The van der Waals surface area contributed by atoms with Crippen LogP contribution in [0.5, 0.6) is 0 Å². The molecule has 0 atom stereocenters. The molecule has 0 spiro atoms. The maximum Gasteiger partial charge on any atom is 0.261 e. The number of carbonyl (C=O) groups is 3. The molecule has 0 saturated carbocycles. The minimum atomic E-state index is -0.755. The van der Waals surface area contributed by atoms with Crippen molar-refractivity contribution < 1.29 is 23.2 Å². The van der Waals surface area contributed by atoms with Crippen LogP contribution < -0.4 is 5.32 Å². The summed E-state index contributed by atoms with van der Waals surface area (Å²) in [5.41, 5.74) is 0.330. The number of nitrogens with zero attached hydrogens (tertiary/aromatic N) is 1. The van der Waals surface area contributed by atoms with Crippen LogP contribution in [0.1, 0.15) is 36.8 Å². The summed E-state index contributed by atoms with van der Waals surface area (Å²) in [6.07, 6.45) is 1.45. The highest BCUT2D eigenvalue weighted by Gasteiger charge is 2.36. The molecule has 8 heteroatoms. The molecule has 4 rings (SSSR count). The van der Waals surface area contributed by atoms with E-state index in [1.807, 2.05) is 0 Å². The predicted octanol–water partition coefficient (Wildman–Crippen LogP) is 4.12. The van der Waals surface area contributed by atoms with Crippen LogP contribution in [-0.2, 0) is 6.54 Å². The Morgan fingerprint density at radius 2 is 1.86 bits per heavy atom. The zero-order valence-corrected chi connectivity index (χ0v) is 15.0. The first-order chi connectivity index (χ1) is 13.5. The Morgan fingerprint density at radius 3 is 2.61 bits per heavy atom. The van der Waals surface area contributed by atoms with Gasteiger partial charge in [-0.25, -0.2) is 4.39 Å². The largest absolute Gasteiger partial charge is 0.467 e. The van der Waals surface area contributed by atoms with Gasteiger partial charge in [-0.3, -0.25) is 19.3 Å². The molecule has 6 nitrogen and oxygen atoms in total. The van der Waals surface area contributed by atoms with Crippen LogP contribution in [0.2, 0.25) is 5.02 Å². The summed E-state index contributed by atoms with van der Waals surface area (Å²) in [4.78, 5) is 38.6. The maximum absolute atomic E-state index is 14.0. The molecule has 0 radical (unpaired) electrons. The molecule has 1 aliphatic heterocycles. The van der Waals surface area contributed by atoms with Crippen molar-refractivity contribution in [3.8, 4) is 0 Å². The smallest absolute Gasteiger partial charge is 0.261 e. The van der Waals surface area contributed by atoms with Gasteiger partial charge in [-0.1, -0.05) is 17.7 Å². The monoisotopic (exact) mass is 398 g/mol. The average molecular weight is 399 g/mol. The minimum Gasteiger partial charge on any atom is -0.467 e. The molecular formula is C20H12ClFN2O4. The highest BCUT2D eigenvalue weighted by atomic mass is 35.5. The summed E-state index contributed by atoms with van der Waals surface area (Å²) in [6, 6.07) is 11.7. The third-order valence-corrected chi connectivity index (χ3v) is 4.62. The summed E-state index contributed by atoms with van der Waals surface area (Å²) in [5, 5.41) is 2.28. The topological polar surface area (TPSA) is 79.6 Å². The second-order valence-electron chi connectivity index (χ2n) is 6.09. The van der Waals surface area contributed by atoms with Crippen molar-refractivity contribution in [3.63, 3.8) is 0 Å². The highest BCUT2D eigenvalue weighted by molar-refractivity contribution is 6.31. The van der Waals surface area contributed by atoms with Gasteiger partial charge < -0.3 is 9.73 Å². The van der Waals surface area contributed by atoms with E-state index in [1.165, 1.54) is 42.7 Å². The van der Waals surface area contributed by atoms with Crippen molar-refractivity contribution in [2.45, 2.75) is 6.54 Å². The van der Waals surface area contributed by atoms with Crippen LogP contribution in [0, 0.1) is 5.82 Å². The molecule has 28 heavy (non-hydrogen) atoms. The van der Waals surface area contributed by atoms with E-state index in [1.54, 1.807) is 12.1 Å². The van der Waals surface area contributed by atoms with Crippen molar-refractivity contribution in [2.24, 2.45) is 0 Å². The zero-order chi connectivity index (χ0) is 19.8. The molecule has 2 aromatic carbocycles. The molecule has 0 saturated heterocycles. The molecular weight excluding hydrogens is 387 g/mol. The third-order valence-electron chi connectivity index (χ3n) is 4.33. The van der Waals surface area contributed by atoms with E-state index in [2.05, 4.69) is 5.32 Å². The number of imide groups is 1. The van der Waals surface area contributed by atoms with E-state index in [9.17, 15) is 18.8 Å². The lowest BCUT2D eigenvalue weighted by Gasteiger charge is -2.11. The van der Waals surface area contributed by atoms with Gasteiger partial charge in [0.05, 0.1) is 34.6 Å². The van der Waals surface area contributed by atoms with E-state index in [0.717, 1.165) is 4.90 Å². The standard InChI is InChI=1S/C20H12ClFN2O4/c21-15-4-1-5-16(17(15)22)23-18(25)11-6-7-13-14(9-11)20(27)24(19(13)26)10-12-3-2-8-28-12/h1-9H,10H2,(H,23,25). The first-order valence-corrected chi connectivity index (χ1v) is 8.61. The predicted molar refractivity (Wildman–Crippen MR) is 98.7 cm³/mol. The highest BCUT2D eigenvalue weighted by Crippen LogP contribution is 2.27. The number of hydrogen-bond donors (Lipinski definition) is 1. The second-order valence-corrected chi connectivity index (χ2v) is 6.50. The normalized spacial score (nSPS) is 13.0. The molecule has 0 unspecified atom stereocenters. The Morgan fingerprint density at radius 1 is 1.07 bits per heavy atom. The number of carbonyl (C=O) groups excluding carboxylic acids is 3. The summed E-state index contributed by atoms with van der Waals surface area (Å²) < 4.78 is 19.2. The van der Waals surface area contributed by atoms with E-state index in [4.69, 9.17) is 16.0 Å². The molecule has 1 N–H and O–H groups in total. The fourth-order valence-electron chi connectivity index (χ4n) is 2.93. The Balaban J connectivity index is 1.59. The van der Waals surface area contributed by atoms with E-state index >= 15 is 0 Å². The SMILES string of the molecule is O=C(Nc1cccc(Cl)c1F)c1ccc2c(c1)C(=O)N(Cc1ccco1)C2=O. The average Bonchev–Trinajstić information content (AvgIpc) is 3.28. The fraction of sp³-hybridized carbons (Fsp3) is 0.0500. The lowest BCUT2D eigenvalue weighted by atomic mass is 10.1. The number of fused-ring (bicyclic) bond motifs is 1. The molecule has 1 aliphatic rings. The van der Waals surface area contributed by atoms with Crippen LogP contribution in [0.25, 0.3) is 0 Å². The molecule has 0 bridgehead atoms. The van der Waals surface area contributed by atoms with Crippen LogP contribution in [-0.4, -0.2) is 22.6 Å². The van der Waals surface area contributed by atoms with Crippen LogP contribution in [0.3, 0.4) is 0 Å². The summed E-state index contributed by atoms with van der Waals surface area (Å²) >= 11 is 5.71. The number of anilines is 1. The molecule has 1 aromatic heterocycles. The van der Waals surface area contributed by atoms with Gasteiger partial charge in [-0.15, -0.1) is 0 Å². The molecule has 3 amide bonds. The number of hydrogen-bond acceptors (Lipinski definition) is 4. The van der Waals surface area contributed by atoms with Crippen LogP contribution in [0.4, 0.5) is 10.1 Å². The molecule has 0 aliphatic carbocycles. The van der Waals surface area contributed by atoms with Crippen molar-refractivity contribution >= 4 is 35.0 Å². The molecule has 2 heterocycles. The number of benzene rings is 2. The molecule has 3 aromatic rings. The minimum absolute atomic E-state index is 0.00536. The van der Waals surface area contributed by atoms with Crippen molar-refractivity contribution in [2.75, 3.05) is 5.32 Å². The Hall–Kier alpha value is -3.45. The Labute approximate surface area is 163 Å². The van der Waals surface area contributed by atoms with Gasteiger partial charge >= 0.3 is 0 Å². The first kappa shape index (κ1) is 17.9. The van der Waals surface area contributed by atoms with Gasteiger partial charge in [0.2, 0.25) is 0 Å². The molecule has 0 fully saturated rings. The Bertz CT molecular complexity index is 1110. The summed E-state index contributed by atoms with van der Waals surface area (Å²) in [6.45, 7) is -0.00536. The summed E-state index contributed by atoms with van der Waals surface area (Å²) in [7, 11) is 0. The number of amides is 3. The van der Waals surface area contributed by atoms with Gasteiger partial charge in [0.15, 0.2) is 5.82 Å². The van der Waals surface area contributed by atoms with E-state index < -0.39 is 23.5 Å². The van der Waals surface area contributed by atoms with E-state index in [0.29, 0.717) is 5.76 Å². The maximum atomic E-state index is 14.0. The van der Waals surface area contributed by atoms with Crippen LogP contribution in [0.15, 0.2) is 59.2 Å². The number of halogens is 2.